The van der Waals surface area contributed by atoms with Crippen LogP contribution in [0.4, 0.5) is 5.69 Å². The van der Waals surface area contributed by atoms with Crippen molar-refractivity contribution in [2.45, 2.75) is 12.7 Å². The lowest BCUT2D eigenvalue weighted by Gasteiger charge is -2.14. The van der Waals surface area contributed by atoms with Crippen molar-refractivity contribution in [3.63, 3.8) is 0 Å². The van der Waals surface area contributed by atoms with Crippen LogP contribution < -0.4 is 5.32 Å². The van der Waals surface area contributed by atoms with Crippen LogP contribution in [0.5, 0.6) is 0 Å². The van der Waals surface area contributed by atoms with Gasteiger partial charge in [-0.15, -0.1) is 0 Å². The van der Waals surface area contributed by atoms with E-state index in [-0.39, 0.29) is 6.61 Å². The molecule has 0 aliphatic carbocycles. The molecule has 0 spiro atoms. The zero-order valence-corrected chi connectivity index (χ0v) is 13.0. The van der Waals surface area contributed by atoms with Crippen LogP contribution >= 0.6 is 27.5 Å². The van der Waals surface area contributed by atoms with Gasteiger partial charge in [-0.2, -0.15) is 0 Å². The van der Waals surface area contributed by atoms with Gasteiger partial charge in [0.05, 0.1) is 34.2 Å². The molecule has 1 atom stereocenters. The molecule has 0 fully saturated rings. The van der Waals surface area contributed by atoms with Crippen LogP contribution in [0.2, 0.25) is 5.02 Å². The standard InChI is InChI=1S/C14H15BrClNO3/c15-14-12(16)4-1-5-13(14)17-7-10(18)8-19-9-11-3-2-6-20-11/h1-6,10,17-18H,7-9H2. The molecule has 20 heavy (non-hydrogen) atoms. The van der Waals surface area contributed by atoms with Crippen LogP contribution in [0.15, 0.2) is 45.5 Å². The van der Waals surface area contributed by atoms with Crippen molar-refractivity contribution in [2.75, 3.05) is 18.5 Å². The Kier molecular flexibility index (Phi) is 5.91. The highest BCUT2D eigenvalue weighted by Crippen LogP contribution is 2.29. The Morgan fingerprint density at radius 3 is 2.95 bits per heavy atom. The molecule has 0 radical (unpaired) electrons. The number of anilines is 1. The Balaban J connectivity index is 1.72. The van der Waals surface area contributed by atoms with Crippen LogP contribution in [-0.4, -0.2) is 24.4 Å². The minimum absolute atomic E-state index is 0.228. The lowest BCUT2D eigenvalue weighted by molar-refractivity contribution is 0.0282. The summed E-state index contributed by atoms with van der Waals surface area (Å²) in [7, 11) is 0. The second-order valence-electron chi connectivity index (χ2n) is 4.23. The molecule has 1 unspecified atom stereocenters. The number of aliphatic hydroxyl groups excluding tert-OH is 1. The Labute approximate surface area is 130 Å². The number of benzene rings is 1. The molecule has 6 heteroatoms. The summed E-state index contributed by atoms with van der Waals surface area (Å²) in [4.78, 5) is 0. The smallest absolute Gasteiger partial charge is 0.129 e. The lowest BCUT2D eigenvalue weighted by atomic mass is 10.3. The van der Waals surface area contributed by atoms with E-state index in [0.717, 1.165) is 15.9 Å². The summed E-state index contributed by atoms with van der Waals surface area (Å²) >= 11 is 9.37. The summed E-state index contributed by atoms with van der Waals surface area (Å²) in [6, 6.07) is 9.14. The van der Waals surface area contributed by atoms with E-state index in [1.54, 1.807) is 18.4 Å². The fourth-order valence-electron chi connectivity index (χ4n) is 1.62. The molecule has 0 aliphatic rings. The minimum Gasteiger partial charge on any atom is -0.467 e. The Morgan fingerprint density at radius 1 is 1.35 bits per heavy atom. The molecule has 0 saturated carbocycles. The van der Waals surface area contributed by atoms with E-state index >= 15 is 0 Å². The van der Waals surface area contributed by atoms with Gasteiger partial charge < -0.3 is 19.6 Å². The van der Waals surface area contributed by atoms with Crippen molar-refractivity contribution in [1.29, 1.82) is 0 Å². The average Bonchev–Trinajstić information content (AvgIpc) is 2.94. The van der Waals surface area contributed by atoms with Gasteiger partial charge in [-0.25, -0.2) is 0 Å². The summed E-state index contributed by atoms with van der Waals surface area (Å²) in [5.41, 5.74) is 0.836. The third kappa shape index (κ3) is 4.52. The largest absolute Gasteiger partial charge is 0.467 e. The highest BCUT2D eigenvalue weighted by molar-refractivity contribution is 9.10. The van der Waals surface area contributed by atoms with Gasteiger partial charge in [0.25, 0.3) is 0 Å². The van der Waals surface area contributed by atoms with Crippen molar-refractivity contribution < 1.29 is 14.3 Å². The maximum absolute atomic E-state index is 9.83. The maximum Gasteiger partial charge on any atom is 0.129 e. The molecule has 4 nitrogen and oxygen atoms in total. The highest BCUT2D eigenvalue weighted by atomic mass is 79.9. The summed E-state index contributed by atoms with van der Waals surface area (Å²) in [5, 5.41) is 13.6. The molecule has 108 valence electrons. The topological polar surface area (TPSA) is 54.6 Å². The normalized spacial score (nSPS) is 12.3. The van der Waals surface area contributed by atoms with Gasteiger partial charge in [0.15, 0.2) is 0 Å². The van der Waals surface area contributed by atoms with Gasteiger partial charge >= 0.3 is 0 Å². The first-order valence-corrected chi connectivity index (χ1v) is 7.30. The van der Waals surface area contributed by atoms with E-state index in [9.17, 15) is 5.11 Å². The quantitative estimate of drug-likeness (QED) is 0.791. The number of furan rings is 1. The second kappa shape index (κ2) is 7.69. The Morgan fingerprint density at radius 2 is 2.20 bits per heavy atom. The zero-order valence-electron chi connectivity index (χ0n) is 10.7. The van der Waals surface area contributed by atoms with Gasteiger partial charge in [-0.1, -0.05) is 17.7 Å². The molecule has 2 aromatic rings. The van der Waals surface area contributed by atoms with E-state index in [2.05, 4.69) is 21.2 Å². The molecule has 0 aliphatic heterocycles. The monoisotopic (exact) mass is 359 g/mol. The molecule has 0 saturated heterocycles. The summed E-state index contributed by atoms with van der Waals surface area (Å²) in [6.07, 6.45) is 0.976. The number of rotatable bonds is 7. The summed E-state index contributed by atoms with van der Waals surface area (Å²) in [5.74, 6) is 0.739. The molecule has 1 heterocycles. The molecule has 0 bridgehead atoms. The van der Waals surface area contributed by atoms with Gasteiger partial charge in [0.2, 0.25) is 0 Å². The van der Waals surface area contributed by atoms with E-state index in [1.807, 2.05) is 18.2 Å². The molecule has 1 aromatic carbocycles. The zero-order chi connectivity index (χ0) is 14.4. The number of halogens is 2. The van der Waals surface area contributed by atoms with Crippen LogP contribution in [0, 0.1) is 0 Å². The fourth-order valence-corrected chi connectivity index (χ4v) is 2.20. The van der Waals surface area contributed by atoms with Crippen molar-refractivity contribution in [2.24, 2.45) is 0 Å². The van der Waals surface area contributed by atoms with Gasteiger partial charge in [-0.3, -0.25) is 0 Å². The third-order valence-corrected chi connectivity index (χ3v) is 4.01. The fraction of sp³-hybridized carbons (Fsp3) is 0.286. The highest BCUT2D eigenvalue weighted by Gasteiger charge is 2.08. The number of hydrogen-bond acceptors (Lipinski definition) is 4. The van der Waals surface area contributed by atoms with Gasteiger partial charge in [-0.05, 0) is 40.2 Å². The summed E-state index contributed by atoms with van der Waals surface area (Å²) < 4.78 is 11.3. The molecule has 1 aromatic heterocycles. The van der Waals surface area contributed by atoms with E-state index in [1.165, 1.54) is 0 Å². The number of nitrogens with one attached hydrogen (secondary N) is 1. The molecular weight excluding hydrogens is 346 g/mol. The number of ether oxygens (including phenoxy) is 1. The minimum atomic E-state index is -0.615. The van der Waals surface area contributed by atoms with E-state index in [0.29, 0.717) is 18.2 Å². The van der Waals surface area contributed by atoms with E-state index < -0.39 is 6.10 Å². The second-order valence-corrected chi connectivity index (χ2v) is 5.43. The molecule has 2 N–H and O–H groups in total. The van der Waals surface area contributed by atoms with Gasteiger partial charge in [0.1, 0.15) is 12.4 Å². The van der Waals surface area contributed by atoms with Crippen LogP contribution in [0.1, 0.15) is 5.76 Å². The third-order valence-electron chi connectivity index (χ3n) is 2.61. The van der Waals surface area contributed by atoms with Crippen molar-refractivity contribution >= 4 is 33.2 Å². The Bertz CT molecular complexity index is 533. The number of aliphatic hydroxyl groups is 1. The Hall–Kier alpha value is -1.01. The predicted octanol–water partition coefficient (Wildman–Crippen LogP) is 3.69. The van der Waals surface area contributed by atoms with Crippen LogP contribution in [0.25, 0.3) is 0 Å². The number of hydrogen-bond donors (Lipinski definition) is 2. The first-order valence-electron chi connectivity index (χ1n) is 6.13. The van der Waals surface area contributed by atoms with Gasteiger partial charge in [0, 0.05) is 6.54 Å². The molecule has 0 amide bonds. The molecular formula is C14H15BrClNO3. The SMILES string of the molecule is OC(CNc1cccc(Cl)c1Br)COCc1ccco1. The maximum atomic E-state index is 9.83. The van der Waals surface area contributed by atoms with E-state index in [4.69, 9.17) is 20.8 Å². The van der Waals surface area contributed by atoms with Crippen LogP contribution in [0.3, 0.4) is 0 Å². The van der Waals surface area contributed by atoms with Crippen molar-refractivity contribution in [3.05, 3.63) is 51.9 Å². The average molecular weight is 361 g/mol. The lowest BCUT2D eigenvalue weighted by Crippen LogP contribution is -2.24. The van der Waals surface area contributed by atoms with Crippen molar-refractivity contribution in [1.82, 2.24) is 0 Å². The molecule has 2 rings (SSSR count). The van der Waals surface area contributed by atoms with Crippen molar-refractivity contribution in [3.8, 4) is 0 Å². The van der Waals surface area contributed by atoms with Crippen LogP contribution in [-0.2, 0) is 11.3 Å². The summed E-state index contributed by atoms with van der Waals surface area (Å²) in [6.45, 7) is 0.952. The predicted molar refractivity (Wildman–Crippen MR) is 82.0 cm³/mol. The first-order chi connectivity index (χ1) is 9.66. The first kappa shape index (κ1) is 15.4.